The second kappa shape index (κ2) is 5.54. The summed E-state index contributed by atoms with van der Waals surface area (Å²) in [5, 5.41) is 0.137. The van der Waals surface area contributed by atoms with Crippen molar-refractivity contribution in [3.05, 3.63) is 51.5 Å². The Bertz CT molecular complexity index is 646. The monoisotopic (exact) mass is 365 g/mol. The van der Waals surface area contributed by atoms with Crippen LogP contribution in [0.15, 0.2) is 40.9 Å². The van der Waals surface area contributed by atoms with E-state index < -0.39 is 11.7 Å². The molecule has 0 radical (unpaired) electrons. The van der Waals surface area contributed by atoms with Gasteiger partial charge < -0.3 is 10.5 Å². The predicted molar refractivity (Wildman–Crippen MR) is 75.1 cm³/mol. The van der Waals surface area contributed by atoms with Gasteiger partial charge in [-0.2, -0.15) is 13.2 Å². The van der Waals surface area contributed by atoms with E-state index >= 15 is 0 Å². The molecular formula is C13H8BrClF3NO. The van der Waals surface area contributed by atoms with Gasteiger partial charge in [0.15, 0.2) is 0 Å². The molecule has 7 heteroatoms. The van der Waals surface area contributed by atoms with Crippen LogP contribution < -0.4 is 10.5 Å². The fourth-order valence-electron chi connectivity index (χ4n) is 1.53. The quantitative estimate of drug-likeness (QED) is 0.713. The lowest BCUT2D eigenvalue weighted by atomic mass is 10.2. The number of hydrogen-bond donors (Lipinski definition) is 1. The molecule has 0 atom stereocenters. The number of alkyl halides is 3. The molecule has 20 heavy (non-hydrogen) atoms. The standard InChI is InChI=1S/C13H8BrClF3NO/c14-7-1-3-9(13(16,17)18)12(5-7)20-11-4-2-8(19)6-10(11)15/h1-6H,19H2. The van der Waals surface area contributed by atoms with Crippen molar-refractivity contribution in [1.82, 2.24) is 0 Å². The van der Waals surface area contributed by atoms with E-state index in [1.165, 1.54) is 30.3 Å². The molecule has 0 amide bonds. The van der Waals surface area contributed by atoms with Crippen LogP contribution in [0.2, 0.25) is 5.02 Å². The molecule has 0 aliphatic rings. The molecule has 2 rings (SSSR count). The van der Waals surface area contributed by atoms with E-state index in [4.69, 9.17) is 22.1 Å². The van der Waals surface area contributed by atoms with Gasteiger partial charge in [0.1, 0.15) is 11.5 Å². The SMILES string of the molecule is Nc1ccc(Oc2cc(Br)ccc2C(F)(F)F)c(Cl)c1. The Morgan fingerprint density at radius 1 is 1.05 bits per heavy atom. The normalized spacial score (nSPS) is 11.4. The molecule has 0 aromatic heterocycles. The highest BCUT2D eigenvalue weighted by molar-refractivity contribution is 9.10. The van der Waals surface area contributed by atoms with Gasteiger partial charge in [0.05, 0.1) is 10.6 Å². The van der Waals surface area contributed by atoms with Crippen LogP contribution in [0.5, 0.6) is 11.5 Å². The summed E-state index contributed by atoms with van der Waals surface area (Å²) in [5.74, 6) is -0.233. The minimum absolute atomic E-state index is 0.101. The van der Waals surface area contributed by atoms with Crippen LogP contribution in [0.4, 0.5) is 18.9 Å². The van der Waals surface area contributed by atoms with E-state index in [2.05, 4.69) is 15.9 Å². The van der Waals surface area contributed by atoms with Crippen molar-refractivity contribution in [2.45, 2.75) is 6.18 Å². The van der Waals surface area contributed by atoms with Gasteiger partial charge in [-0.25, -0.2) is 0 Å². The van der Waals surface area contributed by atoms with Gasteiger partial charge in [0.25, 0.3) is 0 Å². The zero-order valence-electron chi connectivity index (χ0n) is 9.84. The zero-order chi connectivity index (χ0) is 14.9. The smallest absolute Gasteiger partial charge is 0.419 e. The molecule has 2 N–H and O–H groups in total. The van der Waals surface area contributed by atoms with Gasteiger partial charge in [-0.05, 0) is 36.4 Å². The van der Waals surface area contributed by atoms with Crippen LogP contribution in [-0.4, -0.2) is 0 Å². The third-order valence-electron chi connectivity index (χ3n) is 2.42. The first-order valence-corrected chi connectivity index (χ1v) is 6.54. The van der Waals surface area contributed by atoms with Gasteiger partial charge in [0.2, 0.25) is 0 Å². The third-order valence-corrected chi connectivity index (χ3v) is 3.21. The minimum atomic E-state index is -4.52. The van der Waals surface area contributed by atoms with E-state index in [0.29, 0.717) is 10.2 Å². The summed E-state index contributed by atoms with van der Waals surface area (Å²) in [7, 11) is 0. The van der Waals surface area contributed by atoms with E-state index in [1.807, 2.05) is 0 Å². The molecule has 0 fully saturated rings. The average molecular weight is 367 g/mol. The second-order valence-corrected chi connectivity index (χ2v) is 5.25. The molecule has 0 aliphatic heterocycles. The third kappa shape index (κ3) is 3.37. The average Bonchev–Trinajstić information content (AvgIpc) is 2.31. The second-order valence-electron chi connectivity index (χ2n) is 3.93. The van der Waals surface area contributed by atoms with Crippen molar-refractivity contribution < 1.29 is 17.9 Å². The van der Waals surface area contributed by atoms with Crippen molar-refractivity contribution in [3.63, 3.8) is 0 Å². The Labute approximate surface area is 126 Å². The minimum Gasteiger partial charge on any atom is -0.455 e. The maximum Gasteiger partial charge on any atom is 0.419 e. The van der Waals surface area contributed by atoms with Gasteiger partial charge in [-0.15, -0.1) is 0 Å². The van der Waals surface area contributed by atoms with Gasteiger partial charge in [-0.3, -0.25) is 0 Å². The molecule has 0 heterocycles. The molecule has 2 aromatic carbocycles. The first kappa shape index (κ1) is 15.0. The Kier molecular flexibility index (Phi) is 4.15. The Hall–Kier alpha value is -1.40. The molecule has 2 nitrogen and oxygen atoms in total. The summed E-state index contributed by atoms with van der Waals surface area (Å²) < 4.78 is 44.4. The van der Waals surface area contributed by atoms with Gasteiger partial charge in [0, 0.05) is 10.2 Å². The molecule has 0 spiro atoms. The fourth-order valence-corrected chi connectivity index (χ4v) is 2.10. The van der Waals surface area contributed by atoms with Crippen LogP contribution in [0.1, 0.15) is 5.56 Å². The number of nitrogens with two attached hydrogens (primary N) is 1. The van der Waals surface area contributed by atoms with Crippen LogP contribution in [0.3, 0.4) is 0 Å². The molecule has 2 aromatic rings. The molecular weight excluding hydrogens is 358 g/mol. The number of benzene rings is 2. The number of halogens is 5. The summed E-state index contributed by atoms with van der Waals surface area (Å²) in [6.45, 7) is 0. The number of nitrogen functional groups attached to an aromatic ring is 1. The van der Waals surface area contributed by atoms with Crippen LogP contribution in [0.25, 0.3) is 0 Å². The topological polar surface area (TPSA) is 35.2 Å². The number of anilines is 1. The van der Waals surface area contributed by atoms with Crippen molar-refractivity contribution in [2.75, 3.05) is 5.73 Å². The first-order chi connectivity index (χ1) is 9.27. The fraction of sp³-hybridized carbons (Fsp3) is 0.0769. The largest absolute Gasteiger partial charge is 0.455 e. The zero-order valence-corrected chi connectivity index (χ0v) is 12.2. The highest BCUT2D eigenvalue weighted by Gasteiger charge is 2.34. The number of hydrogen-bond acceptors (Lipinski definition) is 2. The lowest BCUT2D eigenvalue weighted by Crippen LogP contribution is -2.07. The van der Waals surface area contributed by atoms with Crippen LogP contribution in [0, 0.1) is 0 Å². The van der Waals surface area contributed by atoms with Crippen molar-refractivity contribution in [3.8, 4) is 11.5 Å². The molecule has 0 unspecified atom stereocenters. The summed E-state index contributed by atoms with van der Waals surface area (Å²) in [6, 6.07) is 7.77. The summed E-state index contributed by atoms with van der Waals surface area (Å²) in [4.78, 5) is 0. The highest BCUT2D eigenvalue weighted by atomic mass is 79.9. The maximum atomic E-state index is 12.9. The summed E-state index contributed by atoms with van der Waals surface area (Å²) in [5.41, 5.74) is 5.03. The predicted octanol–water partition coefficient (Wildman–Crippen LogP) is 5.50. The van der Waals surface area contributed by atoms with E-state index in [1.54, 1.807) is 0 Å². The number of rotatable bonds is 2. The molecule has 0 saturated carbocycles. The first-order valence-electron chi connectivity index (χ1n) is 5.37. The van der Waals surface area contributed by atoms with E-state index in [0.717, 1.165) is 6.07 Å². The maximum absolute atomic E-state index is 12.9. The number of ether oxygens (including phenoxy) is 1. The highest BCUT2D eigenvalue weighted by Crippen LogP contribution is 2.41. The van der Waals surface area contributed by atoms with Crippen molar-refractivity contribution >= 4 is 33.2 Å². The molecule has 0 saturated heterocycles. The lowest BCUT2D eigenvalue weighted by molar-refractivity contribution is -0.138. The van der Waals surface area contributed by atoms with Gasteiger partial charge in [-0.1, -0.05) is 27.5 Å². The van der Waals surface area contributed by atoms with E-state index in [9.17, 15) is 13.2 Å². The Balaban J connectivity index is 2.45. The lowest BCUT2D eigenvalue weighted by Gasteiger charge is -2.15. The van der Waals surface area contributed by atoms with E-state index in [-0.39, 0.29) is 16.5 Å². The summed E-state index contributed by atoms with van der Waals surface area (Å²) >= 11 is 8.99. The Morgan fingerprint density at radius 3 is 2.35 bits per heavy atom. The summed E-state index contributed by atoms with van der Waals surface area (Å²) in [6.07, 6.45) is -4.52. The van der Waals surface area contributed by atoms with Crippen LogP contribution >= 0.6 is 27.5 Å². The van der Waals surface area contributed by atoms with Gasteiger partial charge >= 0.3 is 6.18 Å². The molecule has 106 valence electrons. The van der Waals surface area contributed by atoms with Crippen LogP contribution in [-0.2, 0) is 6.18 Å². The van der Waals surface area contributed by atoms with Crippen molar-refractivity contribution in [1.29, 1.82) is 0 Å². The Morgan fingerprint density at radius 2 is 1.75 bits per heavy atom. The van der Waals surface area contributed by atoms with Crippen molar-refractivity contribution in [2.24, 2.45) is 0 Å². The molecule has 0 bridgehead atoms. The molecule has 0 aliphatic carbocycles.